The van der Waals surface area contributed by atoms with Gasteiger partial charge >= 0.3 is 6.18 Å². The summed E-state index contributed by atoms with van der Waals surface area (Å²) in [6.45, 7) is -0.370. The summed E-state index contributed by atoms with van der Waals surface area (Å²) in [7, 11) is 0. The lowest BCUT2D eigenvalue weighted by Gasteiger charge is -2.12. The first-order chi connectivity index (χ1) is 13.0. The highest BCUT2D eigenvalue weighted by Crippen LogP contribution is 2.36. The van der Waals surface area contributed by atoms with Gasteiger partial charge in [0, 0.05) is 22.4 Å². The third-order valence-electron chi connectivity index (χ3n) is 4.06. The van der Waals surface area contributed by atoms with Crippen LogP contribution in [0.2, 0.25) is 0 Å². The number of hydrogen-bond donors (Lipinski definition) is 0. The van der Waals surface area contributed by atoms with Crippen LogP contribution < -0.4 is 4.74 Å². The average molecular weight is 368 g/mol. The molecule has 4 nitrogen and oxygen atoms in total. The minimum atomic E-state index is -4.61. The molecule has 7 heteroatoms. The maximum atomic E-state index is 13.1. The zero-order chi connectivity index (χ0) is 19.0. The fraction of sp³-hybridized carbons (Fsp3) is 0.100. The van der Waals surface area contributed by atoms with Gasteiger partial charge < -0.3 is 9.15 Å². The standard InChI is InChI=1S/C20H11F3N2O2/c21-20(22,23)19-11-18(26-8-7-24)14-9-13(5-6-15(14)25-19)17-10-12-3-1-2-4-16(12)27-17/h1-6,9-11H,8H2. The van der Waals surface area contributed by atoms with E-state index in [2.05, 4.69) is 4.98 Å². The number of rotatable bonds is 3. The van der Waals surface area contributed by atoms with Gasteiger partial charge in [0.25, 0.3) is 0 Å². The van der Waals surface area contributed by atoms with Crippen molar-refractivity contribution in [3.8, 4) is 23.1 Å². The van der Waals surface area contributed by atoms with Crippen molar-refractivity contribution < 1.29 is 22.3 Å². The molecule has 134 valence electrons. The number of nitrogens with zero attached hydrogens (tertiary/aromatic N) is 2. The second-order valence-electron chi connectivity index (χ2n) is 5.83. The molecule has 0 bridgehead atoms. The Labute approximate surface area is 151 Å². The normalized spacial score (nSPS) is 11.6. The van der Waals surface area contributed by atoms with E-state index >= 15 is 0 Å². The lowest BCUT2D eigenvalue weighted by molar-refractivity contribution is -0.141. The average Bonchev–Trinajstić information content (AvgIpc) is 3.09. The van der Waals surface area contributed by atoms with Gasteiger partial charge in [-0.05, 0) is 30.3 Å². The molecule has 0 aliphatic carbocycles. The molecular weight excluding hydrogens is 357 g/mol. The Hall–Kier alpha value is -3.53. The topological polar surface area (TPSA) is 59.0 Å². The van der Waals surface area contributed by atoms with Gasteiger partial charge in [-0.25, -0.2) is 4.98 Å². The number of furan rings is 1. The number of halogens is 3. The first-order valence-corrected chi connectivity index (χ1v) is 7.96. The van der Waals surface area contributed by atoms with Gasteiger partial charge in [0.1, 0.15) is 28.9 Å². The van der Waals surface area contributed by atoms with Crippen LogP contribution in [0.4, 0.5) is 13.2 Å². The number of benzene rings is 2. The Balaban J connectivity index is 1.88. The van der Waals surface area contributed by atoms with E-state index in [1.165, 1.54) is 6.07 Å². The van der Waals surface area contributed by atoms with Gasteiger partial charge in [0.2, 0.25) is 0 Å². The zero-order valence-corrected chi connectivity index (χ0v) is 13.7. The summed E-state index contributed by atoms with van der Waals surface area (Å²) in [5.74, 6) is 0.524. The Morgan fingerprint density at radius 3 is 2.63 bits per heavy atom. The summed E-state index contributed by atoms with van der Waals surface area (Å²) >= 11 is 0. The Morgan fingerprint density at radius 1 is 1.07 bits per heavy atom. The Kier molecular flexibility index (Phi) is 3.96. The second kappa shape index (κ2) is 6.32. The highest BCUT2D eigenvalue weighted by atomic mass is 19.4. The number of nitriles is 1. The monoisotopic (exact) mass is 368 g/mol. The smallest absolute Gasteiger partial charge is 0.433 e. The molecule has 0 amide bonds. The van der Waals surface area contributed by atoms with Crippen LogP contribution in [0.5, 0.6) is 5.75 Å². The maximum Gasteiger partial charge on any atom is 0.433 e. The van der Waals surface area contributed by atoms with E-state index in [-0.39, 0.29) is 17.9 Å². The van der Waals surface area contributed by atoms with Crippen molar-refractivity contribution in [2.24, 2.45) is 0 Å². The van der Waals surface area contributed by atoms with Crippen molar-refractivity contribution in [2.75, 3.05) is 6.61 Å². The van der Waals surface area contributed by atoms with Crippen LogP contribution in [-0.2, 0) is 6.18 Å². The van der Waals surface area contributed by atoms with Crippen LogP contribution in [0.3, 0.4) is 0 Å². The molecule has 0 radical (unpaired) electrons. The van der Waals surface area contributed by atoms with E-state index in [0.717, 1.165) is 11.5 Å². The lowest BCUT2D eigenvalue weighted by Crippen LogP contribution is -2.09. The van der Waals surface area contributed by atoms with Crippen molar-refractivity contribution in [3.05, 3.63) is 60.3 Å². The number of para-hydroxylation sites is 1. The summed E-state index contributed by atoms with van der Waals surface area (Å²) in [5, 5.41) is 10.0. The van der Waals surface area contributed by atoms with Crippen molar-refractivity contribution in [3.63, 3.8) is 0 Å². The predicted octanol–water partition coefficient (Wildman–Crippen LogP) is 5.57. The molecule has 4 rings (SSSR count). The van der Waals surface area contributed by atoms with Crippen molar-refractivity contribution >= 4 is 21.9 Å². The van der Waals surface area contributed by atoms with Gasteiger partial charge in [0.15, 0.2) is 6.61 Å². The second-order valence-corrected chi connectivity index (χ2v) is 5.83. The van der Waals surface area contributed by atoms with Crippen LogP contribution in [0, 0.1) is 11.3 Å². The van der Waals surface area contributed by atoms with Gasteiger partial charge in [-0.2, -0.15) is 18.4 Å². The van der Waals surface area contributed by atoms with E-state index in [0.29, 0.717) is 22.3 Å². The number of ether oxygens (including phenoxy) is 1. The molecule has 0 N–H and O–H groups in total. The summed E-state index contributed by atoms with van der Waals surface area (Å²) in [6.07, 6.45) is -4.61. The molecule has 27 heavy (non-hydrogen) atoms. The maximum absolute atomic E-state index is 13.1. The Bertz CT molecular complexity index is 1160. The fourth-order valence-corrected chi connectivity index (χ4v) is 2.85. The summed E-state index contributed by atoms with van der Waals surface area (Å²) in [6, 6.07) is 16.7. The first kappa shape index (κ1) is 16.9. The van der Waals surface area contributed by atoms with Crippen LogP contribution in [0.15, 0.2) is 59.0 Å². The van der Waals surface area contributed by atoms with E-state index < -0.39 is 11.9 Å². The molecule has 0 saturated carbocycles. The van der Waals surface area contributed by atoms with Gasteiger partial charge in [0.05, 0.1) is 5.52 Å². The highest BCUT2D eigenvalue weighted by Gasteiger charge is 2.33. The molecule has 0 spiro atoms. The van der Waals surface area contributed by atoms with Gasteiger partial charge in [-0.15, -0.1) is 0 Å². The molecule has 2 heterocycles. The van der Waals surface area contributed by atoms with Gasteiger partial charge in [-0.1, -0.05) is 18.2 Å². The Morgan fingerprint density at radius 2 is 1.89 bits per heavy atom. The number of alkyl halides is 3. The molecule has 0 atom stereocenters. The first-order valence-electron chi connectivity index (χ1n) is 7.96. The molecule has 2 aromatic carbocycles. The lowest BCUT2D eigenvalue weighted by atomic mass is 10.1. The predicted molar refractivity (Wildman–Crippen MR) is 93.1 cm³/mol. The summed E-state index contributed by atoms with van der Waals surface area (Å²) < 4.78 is 50.3. The number of aromatic nitrogens is 1. The van der Waals surface area contributed by atoms with Crippen LogP contribution in [0.1, 0.15) is 5.69 Å². The quantitative estimate of drug-likeness (QED) is 0.474. The van der Waals surface area contributed by atoms with Crippen LogP contribution >= 0.6 is 0 Å². The van der Waals surface area contributed by atoms with Crippen molar-refractivity contribution in [2.45, 2.75) is 6.18 Å². The number of fused-ring (bicyclic) bond motifs is 2. The molecule has 4 aromatic rings. The van der Waals surface area contributed by atoms with E-state index in [4.69, 9.17) is 14.4 Å². The minimum Gasteiger partial charge on any atom is -0.478 e. The number of hydrogen-bond acceptors (Lipinski definition) is 4. The van der Waals surface area contributed by atoms with E-state index in [1.54, 1.807) is 18.2 Å². The van der Waals surface area contributed by atoms with Crippen molar-refractivity contribution in [1.29, 1.82) is 5.26 Å². The van der Waals surface area contributed by atoms with E-state index in [9.17, 15) is 13.2 Å². The zero-order valence-electron chi connectivity index (χ0n) is 13.7. The third kappa shape index (κ3) is 3.17. The van der Waals surface area contributed by atoms with Gasteiger partial charge in [-0.3, -0.25) is 0 Å². The minimum absolute atomic E-state index is 0.0492. The molecule has 0 saturated heterocycles. The highest BCUT2D eigenvalue weighted by molar-refractivity contribution is 5.91. The summed E-state index contributed by atoms with van der Waals surface area (Å²) in [4.78, 5) is 3.67. The van der Waals surface area contributed by atoms with Crippen LogP contribution in [0.25, 0.3) is 33.2 Å². The SMILES string of the molecule is N#CCOc1cc(C(F)(F)F)nc2ccc(-c3cc4ccccc4o3)cc12. The van der Waals surface area contributed by atoms with Crippen molar-refractivity contribution in [1.82, 2.24) is 4.98 Å². The largest absolute Gasteiger partial charge is 0.478 e. The number of pyridine rings is 1. The van der Waals surface area contributed by atoms with E-state index in [1.807, 2.05) is 30.3 Å². The van der Waals surface area contributed by atoms with Crippen LogP contribution in [-0.4, -0.2) is 11.6 Å². The molecule has 0 aliphatic rings. The molecule has 0 unspecified atom stereocenters. The third-order valence-corrected chi connectivity index (χ3v) is 4.06. The molecular formula is C20H11F3N2O2. The fourth-order valence-electron chi connectivity index (χ4n) is 2.85. The molecule has 0 aliphatic heterocycles. The molecule has 0 fully saturated rings. The molecule has 2 aromatic heterocycles. The summed E-state index contributed by atoms with van der Waals surface area (Å²) in [5.41, 5.74) is 0.429.